The second kappa shape index (κ2) is 7.92. The lowest BCUT2D eigenvalue weighted by Gasteiger charge is -2.33. The van der Waals surface area contributed by atoms with Gasteiger partial charge in [-0.05, 0) is 74.5 Å². The van der Waals surface area contributed by atoms with E-state index in [4.69, 9.17) is 4.42 Å². The van der Waals surface area contributed by atoms with Crippen molar-refractivity contribution < 1.29 is 13.9 Å². The molecule has 1 atom stereocenters. The zero-order chi connectivity index (χ0) is 18.8. The van der Waals surface area contributed by atoms with Crippen LogP contribution in [0.2, 0.25) is 0 Å². The van der Waals surface area contributed by atoms with Gasteiger partial charge in [0.1, 0.15) is 11.6 Å². The summed E-state index contributed by atoms with van der Waals surface area (Å²) in [5.41, 5.74) is 1.70. The molecule has 27 heavy (non-hydrogen) atoms. The lowest BCUT2D eigenvalue weighted by molar-refractivity contribution is 0.0586. The second-order valence-electron chi connectivity index (χ2n) is 7.10. The Morgan fingerprint density at radius 2 is 2.00 bits per heavy atom. The minimum Gasteiger partial charge on any atom is -0.441 e. The van der Waals surface area contributed by atoms with Crippen LogP contribution in [0, 0.1) is 18.7 Å². The van der Waals surface area contributed by atoms with Crippen molar-refractivity contribution in [1.29, 1.82) is 0 Å². The fourth-order valence-electron chi connectivity index (χ4n) is 3.62. The van der Waals surface area contributed by atoms with E-state index >= 15 is 0 Å². The molecule has 1 saturated heterocycles. The summed E-state index contributed by atoms with van der Waals surface area (Å²) >= 11 is 1.62. The number of oxazole rings is 1. The van der Waals surface area contributed by atoms with Crippen molar-refractivity contribution in [2.75, 3.05) is 13.1 Å². The molecule has 4 nitrogen and oxygen atoms in total. The SMILES string of the molecule is Cc1oc(-c2ccc(F)cc2)nc1CN1CCC([C@H](O)c2cccs2)CC1. The number of aryl methyl sites for hydroxylation is 1. The van der Waals surface area contributed by atoms with Crippen LogP contribution in [0.1, 0.15) is 35.3 Å². The Labute approximate surface area is 162 Å². The Kier molecular flexibility index (Phi) is 5.38. The highest BCUT2D eigenvalue weighted by molar-refractivity contribution is 7.10. The predicted molar refractivity (Wildman–Crippen MR) is 104 cm³/mol. The van der Waals surface area contributed by atoms with Crippen LogP contribution in [0.25, 0.3) is 11.5 Å². The van der Waals surface area contributed by atoms with Gasteiger partial charge in [-0.1, -0.05) is 6.07 Å². The number of hydrogen-bond donors (Lipinski definition) is 1. The minimum absolute atomic E-state index is 0.269. The maximum absolute atomic E-state index is 13.1. The van der Waals surface area contributed by atoms with E-state index in [-0.39, 0.29) is 11.9 Å². The summed E-state index contributed by atoms with van der Waals surface area (Å²) < 4.78 is 18.9. The number of nitrogens with zero attached hydrogens (tertiary/aromatic N) is 2. The molecule has 0 unspecified atom stereocenters. The molecule has 1 aromatic carbocycles. The molecule has 0 radical (unpaired) electrons. The van der Waals surface area contributed by atoms with Crippen molar-refractivity contribution >= 4 is 11.3 Å². The first-order chi connectivity index (χ1) is 13.1. The van der Waals surface area contributed by atoms with Crippen LogP contribution < -0.4 is 0 Å². The molecule has 142 valence electrons. The predicted octanol–water partition coefficient (Wildman–Crippen LogP) is 4.80. The van der Waals surface area contributed by atoms with Crippen LogP contribution in [0.15, 0.2) is 46.2 Å². The third kappa shape index (κ3) is 4.13. The van der Waals surface area contributed by atoms with Crippen LogP contribution >= 0.6 is 11.3 Å². The molecular formula is C21H23FN2O2S. The van der Waals surface area contributed by atoms with Gasteiger partial charge in [0, 0.05) is 17.0 Å². The molecule has 0 spiro atoms. The summed E-state index contributed by atoms with van der Waals surface area (Å²) in [5, 5.41) is 12.6. The van der Waals surface area contributed by atoms with Crippen LogP contribution in [-0.2, 0) is 6.54 Å². The summed E-state index contributed by atoms with van der Waals surface area (Å²) in [6, 6.07) is 10.2. The average molecular weight is 386 g/mol. The molecular weight excluding hydrogens is 363 g/mol. The highest BCUT2D eigenvalue weighted by Crippen LogP contribution is 2.33. The first-order valence-electron chi connectivity index (χ1n) is 9.26. The number of hydrogen-bond acceptors (Lipinski definition) is 5. The van der Waals surface area contributed by atoms with E-state index in [1.54, 1.807) is 23.5 Å². The first kappa shape index (κ1) is 18.3. The van der Waals surface area contributed by atoms with E-state index < -0.39 is 0 Å². The number of rotatable bonds is 5. The van der Waals surface area contributed by atoms with E-state index in [0.29, 0.717) is 11.8 Å². The average Bonchev–Trinajstić information content (AvgIpc) is 3.33. The fourth-order valence-corrected chi connectivity index (χ4v) is 4.42. The number of halogens is 1. The molecule has 4 rings (SSSR count). The highest BCUT2D eigenvalue weighted by Gasteiger charge is 2.27. The third-order valence-corrected chi connectivity index (χ3v) is 6.21. The number of thiophene rings is 1. The Balaban J connectivity index is 1.37. The lowest BCUT2D eigenvalue weighted by atomic mass is 9.90. The molecule has 1 N–H and O–H groups in total. The van der Waals surface area contributed by atoms with Gasteiger partial charge in [0.2, 0.25) is 5.89 Å². The summed E-state index contributed by atoms with van der Waals surface area (Å²) in [5.74, 6) is 1.38. The molecule has 1 aliphatic heterocycles. The molecule has 1 aliphatic rings. The Hall–Kier alpha value is -2.02. The van der Waals surface area contributed by atoms with E-state index in [0.717, 1.165) is 54.4 Å². The minimum atomic E-state index is -0.356. The summed E-state index contributed by atoms with van der Waals surface area (Å²) in [6.45, 7) is 4.53. The van der Waals surface area contributed by atoms with Gasteiger partial charge in [-0.3, -0.25) is 4.90 Å². The summed E-state index contributed by atoms with van der Waals surface area (Å²) in [6.07, 6.45) is 1.59. The molecule has 6 heteroatoms. The van der Waals surface area contributed by atoms with Crippen molar-refractivity contribution in [2.45, 2.75) is 32.4 Å². The number of aromatic nitrogens is 1. The molecule has 3 aromatic rings. The van der Waals surface area contributed by atoms with Crippen molar-refractivity contribution in [1.82, 2.24) is 9.88 Å². The molecule has 0 saturated carbocycles. The van der Waals surface area contributed by atoms with Gasteiger partial charge in [0.15, 0.2) is 0 Å². The van der Waals surface area contributed by atoms with E-state index in [9.17, 15) is 9.50 Å². The van der Waals surface area contributed by atoms with Gasteiger partial charge in [0.25, 0.3) is 0 Å². The van der Waals surface area contributed by atoms with Gasteiger partial charge < -0.3 is 9.52 Å². The Morgan fingerprint density at radius 3 is 2.67 bits per heavy atom. The topological polar surface area (TPSA) is 49.5 Å². The standard InChI is InChI=1S/C21H23FN2O2S/c1-14-18(23-21(26-14)16-4-6-17(22)7-5-16)13-24-10-8-15(9-11-24)20(25)19-3-2-12-27-19/h2-7,12,15,20,25H,8-11,13H2,1H3/t20-/m0/s1. The molecule has 2 aromatic heterocycles. The Bertz CT molecular complexity index is 868. The van der Waals surface area contributed by atoms with Crippen LogP contribution in [0.5, 0.6) is 0 Å². The summed E-state index contributed by atoms with van der Waals surface area (Å²) in [7, 11) is 0. The number of benzene rings is 1. The number of aliphatic hydroxyl groups is 1. The van der Waals surface area contributed by atoms with E-state index in [1.807, 2.05) is 24.4 Å². The van der Waals surface area contributed by atoms with E-state index in [1.165, 1.54) is 12.1 Å². The van der Waals surface area contributed by atoms with Crippen molar-refractivity contribution in [2.24, 2.45) is 5.92 Å². The fraction of sp³-hybridized carbons (Fsp3) is 0.381. The highest BCUT2D eigenvalue weighted by atomic mass is 32.1. The number of piperidine rings is 1. The Morgan fingerprint density at radius 1 is 1.26 bits per heavy atom. The normalized spacial score (nSPS) is 17.3. The maximum Gasteiger partial charge on any atom is 0.226 e. The quantitative estimate of drug-likeness (QED) is 0.685. The smallest absolute Gasteiger partial charge is 0.226 e. The maximum atomic E-state index is 13.1. The molecule has 0 aliphatic carbocycles. The second-order valence-corrected chi connectivity index (χ2v) is 8.08. The lowest BCUT2D eigenvalue weighted by Crippen LogP contribution is -2.35. The largest absolute Gasteiger partial charge is 0.441 e. The van der Waals surface area contributed by atoms with Gasteiger partial charge in [0.05, 0.1) is 11.8 Å². The van der Waals surface area contributed by atoms with Gasteiger partial charge >= 0.3 is 0 Å². The van der Waals surface area contributed by atoms with Crippen molar-refractivity contribution in [3.63, 3.8) is 0 Å². The van der Waals surface area contributed by atoms with Crippen molar-refractivity contribution in [3.05, 3.63) is 63.9 Å². The van der Waals surface area contributed by atoms with Crippen LogP contribution in [-0.4, -0.2) is 28.1 Å². The molecule has 0 bridgehead atoms. The molecule has 1 fully saturated rings. The number of aliphatic hydroxyl groups excluding tert-OH is 1. The van der Waals surface area contributed by atoms with Crippen LogP contribution in [0.3, 0.4) is 0 Å². The first-order valence-corrected chi connectivity index (χ1v) is 10.1. The van der Waals surface area contributed by atoms with Crippen molar-refractivity contribution in [3.8, 4) is 11.5 Å². The van der Waals surface area contributed by atoms with Gasteiger partial charge in [-0.15, -0.1) is 11.3 Å². The molecule has 3 heterocycles. The molecule has 0 amide bonds. The van der Waals surface area contributed by atoms with Gasteiger partial charge in [-0.2, -0.15) is 0 Å². The zero-order valence-corrected chi connectivity index (χ0v) is 16.1. The monoisotopic (exact) mass is 386 g/mol. The van der Waals surface area contributed by atoms with Crippen LogP contribution in [0.4, 0.5) is 4.39 Å². The zero-order valence-electron chi connectivity index (χ0n) is 15.3. The van der Waals surface area contributed by atoms with E-state index in [2.05, 4.69) is 9.88 Å². The van der Waals surface area contributed by atoms with Gasteiger partial charge in [-0.25, -0.2) is 9.37 Å². The third-order valence-electron chi connectivity index (χ3n) is 5.27. The number of likely N-dealkylation sites (tertiary alicyclic amines) is 1. The summed E-state index contributed by atoms with van der Waals surface area (Å²) in [4.78, 5) is 8.04.